The summed E-state index contributed by atoms with van der Waals surface area (Å²) in [6.07, 6.45) is -2.27. The standard InChI is InChI=1S/C12H12F3N3O2S/c13-12(14,15)9-2-1-3-11(6-9)21(19,20)17-10-4-5-18(7-10)8-16/h1-3,6,10,17H,4-5,7H2. The van der Waals surface area contributed by atoms with E-state index in [1.165, 1.54) is 4.90 Å². The maximum Gasteiger partial charge on any atom is 0.416 e. The predicted molar refractivity (Wildman–Crippen MR) is 67.4 cm³/mol. The highest BCUT2D eigenvalue weighted by molar-refractivity contribution is 7.89. The second-order valence-electron chi connectivity index (χ2n) is 4.68. The molecule has 1 aromatic rings. The molecule has 1 fully saturated rings. The summed E-state index contributed by atoms with van der Waals surface area (Å²) in [5.74, 6) is 0. The second-order valence-corrected chi connectivity index (χ2v) is 6.39. The highest BCUT2D eigenvalue weighted by Gasteiger charge is 2.32. The molecular formula is C12H12F3N3O2S. The number of rotatable bonds is 3. The average Bonchev–Trinajstić information content (AvgIpc) is 2.85. The number of nitrogens with one attached hydrogen (secondary N) is 1. The Morgan fingerprint density at radius 3 is 2.67 bits per heavy atom. The topological polar surface area (TPSA) is 73.2 Å². The molecular weight excluding hydrogens is 307 g/mol. The SMILES string of the molecule is N#CN1CCC(NS(=O)(=O)c2cccc(C(F)(F)F)c2)C1. The van der Waals surface area contributed by atoms with Gasteiger partial charge in [-0.3, -0.25) is 0 Å². The maximum absolute atomic E-state index is 12.6. The van der Waals surface area contributed by atoms with Gasteiger partial charge in [-0.1, -0.05) is 6.07 Å². The number of sulfonamides is 1. The molecule has 0 aromatic heterocycles. The highest BCUT2D eigenvalue weighted by Crippen LogP contribution is 2.30. The van der Waals surface area contributed by atoms with Crippen molar-refractivity contribution in [1.29, 1.82) is 5.26 Å². The molecule has 1 unspecified atom stereocenters. The Balaban J connectivity index is 2.19. The van der Waals surface area contributed by atoms with Gasteiger partial charge >= 0.3 is 6.18 Å². The van der Waals surface area contributed by atoms with Crippen molar-refractivity contribution in [3.63, 3.8) is 0 Å². The first kappa shape index (κ1) is 15.6. The Hall–Kier alpha value is -1.79. The van der Waals surface area contributed by atoms with Crippen molar-refractivity contribution in [1.82, 2.24) is 9.62 Å². The molecule has 0 aliphatic carbocycles. The van der Waals surface area contributed by atoms with E-state index >= 15 is 0 Å². The van der Waals surface area contributed by atoms with Crippen molar-refractivity contribution in [2.24, 2.45) is 0 Å². The van der Waals surface area contributed by atoms with Crippen LogP contribution >= 0.6 is 0 Å². The molecule has 1 N–H and O–H groups in total. The number of likely N-dealkylation sites (tertiary alicyclic amines) is 1. The third kappa shape index (κ3) is 3.65. The molecule has 2 rings (SSSR count). The summed E-state index contributed by atoms with van der Waals surface area (Å²) in [6, 6.07) is 3.08. The summed E-state index contributed by atoms with van der Waals surface area (Å²) in [6.45, 7) is 0.640. The number of benzene rings is 1. The molecule has 0 bridgehead atoms. The minimum atomic E-state index is -4.60. The third-order valence-corrected chi connectivity index (χ3v) is 4.64. The van der Waals surface area contributed by atoms with E-state index in [2.05, 4.69) is 4.72 Å². The lowest BCUT2D eigenvalue weighted by Gasteiger charge is -2.14. The molecule has 1 aromatic carbocycles. The second kappa shape index (κ2) is 5.54. The molecule has 5 nitrogen and oxygen atoms in total. The lowest BCUT2D eigenvalue weighted by Crippen LogP contribution is -2.36. The summed E-state index contributed by atoms with van der Waals surface area (Å²) >= 11 is 0. The number of nitriles is 1. The van der Waals surface area contributed by atoms with Gasteiger partial charge in [0.25, 0.3) is 0 Å². The Labute approximate surface area is 120 Å². The van der Waals surface area contributed by atoms with Crippen LogP contribution in [0.3, 0.4) is 0 Å². The lowest BCUT2D eigenvalue weighted by atomic mass is 10.2. The fourth-order valence-corrected chi connectivity index (χ4v) is 3.38. The van der Waals surface area contributed by atoms with E-state index in [1.54, 1.807) is 0 Å². The Morgan fingerprint density at radius 2 is 2.10 bits per heavy atom. The van der Waals surface area contributed by atoms with E-state index in [-0.39, 0.29) is 6.54 Å². The molecule has 1 heterocycles. The van der Waals surface area contributed by atoms with Crippen LogP contribution in [0.5, 0.6) is 0 Å². The van der Waals surface area contributed by atoms with E-state index in [1.807, 2.05) is 6.19 Å². The summed E-state index contributed by atoms with van der Waals surface area (Å²) in [7, 11) is -4.04. The molecule has 0 saturated carbocycles. The molecule has 0 radical (unpaired) electrons. The van der Waals surface area contributed by atoms with Crippen LogP contribution in [0.25, 0.3) is 0 Å². The summed E-state index contributed by atoms with van der Waals surface area (Å²) in [5.41, 5.74) is -1.02. The van der Waals surface area contributed by atoms with Gasteiger partial charge in [-0.25, -0.2) is 13.1 Å². The van der Waals surface area contributed by atoms with Crippen molar-refractivity contribution in [2.75, 3.05) is 13.1 Å². The molecule has 0 spiro atoms. The molecule has 0 amide bonds. The zero-order valence-corrected chi connectivity index (χ0v) is 11.6. The molecule has 1 aliphatic rings. The zero-order chi connectivity index (χ0) is 15.7. The number of nitrogens with zero attached hydrogens (tertiary/aromatic N) is 2. The largest absolute Gasteiger partial charge is 0.416 e. The summed E-state index contributed by atoms with van der Waals surface area (Å²) in [5, 5.41) is 8.70. The zero-order valence-electron chi connectivity index (χ0n) is 10.8. The van der Waals surface area contributed by atoms with E-state index in [9.17, 15) is 21.6 Å². The van der Waals surface area contributed by atoms with E-state index in [0.717, 1.165) is 18.2 Å². The van der Waals surface area contributed by atoms with E-state index < -0.39 is 32.7 Å². The van der Waals surface area contributed by atoms with E-state index in [4.69, 9.17) is 5.26 Å². The lowest BCUT2D eigenvalue weighted by molar-refractivity contribution is -0.137. The minimum Gasteiger partial charge on any atom is -0.309 e. The molecule has 1 atom stereocenters. The smallest absolute Gasteiger partial charge is 0.309 e. The molecule has 21 heavy (non-hydrogen) atoms. The predicted octanol–water partition coefficient (Wildman–Crippen LogP) is 1.54. The van der Waals surface area contributed by atoms with Gasteiger partial charge in [-0.2, -0.15) is 18.4 Å². The average molecular weight is 319 g/mol. The summed E-state index contributed by atoms with van der Waals surface area (Å²) in [4.78, 5) is 0.951. The van der Waals surface area contributed by atoms with Crippen LogP contribution in [0.15, 0.2) is 29.2 Å². The van der Waals surface area contributed by atoms with Crippen molar-refractivity contribution < 1.29 is 21.6 Å². The van der Waals surface area contributed by atoms with Crippen molar-refractivity contribution in [3.05, 3.63) is 29.8 Å². The van der Waals surface area contributed by atoms with Gasteiger partial charge in [-0.05, 0) is 24.6 Å². The van der Waals surface area contributed by atoms with Crippen molar-refractivity contribution >= 4 is 10.0 Å². The van der Waals surface area contributed by atoms with Crippen LogP contribution in [0, 0.1) is 11.5 Å². The van der Waals surface area contributed by atoms with Gasteiger partial charge < -0.3 is 4.90 Å². The fraction of sp³-hybridized carbons (Fsp3) is 0.417. The number of alkyl halides is 3. The van der Waals surface area contributed by atoms with Gasteiger partial charge in [-0.15, -0.1) is 0 Å². The number of hydrogen-bond donors (Lipinski definition) is 1. The van der Waals surface area contributed by atoms with Crippen LogP contribution < -0.4 is 4.72 Å². The van der Waals surface area contributed by atoms with Crippen LogP contribution in [-0.2, 0) is 16.2 Å². The van der Waals surface area contributed by atoms with Crippen molar-refractivity contribution in [3.8, 4) is 6.19 Å². The van der Waals surface area contributed by atoms with Crippen LogP contribution in [-0.4, -0.2) is 32.4 Å². The first-order valence-electron chi connectivity index (χ1n) is 6.06. The van der Waals surface area contributed by atoms with E-state index in [0.29, 0.717) is 19.0 Å². The Kier molecular flexibility index (Phi) is 4.11. The Morgan fingerprint density at radius 1 is 1.38 bits per heavy atom. The van der Waals surface area contributed by atoms with Crippen LogP contribution in [0.2, 0.25) is 0 Å². The molecule has 1 aliphatic heterocycles. The van der Waals surface area contributed by atoms with Gasteiger partial charge in [0.2, 0.25) is 10.0 Å². The van der Waals surface area contributed by atoms with Crippen LogP contribution in [0.1, 0.15) is 12.0 Å². The van der Waals surface area contributed by atoms with Gasteiger partial charge in [0.05, 0.1) is 10.5 Å². The molecule has 9 heteroatoms. The summed E-state index contributed by atoms with van der Waals surface area (Å²) < 4.78 is 64.3. The van der Waals surface area contributed by atoms with Gasteiger partial charge in [0.1, 0.15) is 0 Å². The first-order valence-corrected chi connectivity index (χ1v) is 7.55. The van der Waals surface area contributed by atoms with Gasteiger partial charge in [0, 0.05) is 19.1 Å². The number of hydrogen-bond acceptors (Lipinski definition) is 4. The highest BCUT2D eigenvalue weighted by atomic mass is 32.2. The monoisotopic (exact) mass is 319 g/mol. The minimum absolute atomic E-state index is 0.217. The van der Waals surface area contributed by atoms with Crippen LogP contribution in [0.4, 0.5) is 13.2 Å². The third-order valence-electron chi connectivity index (χ3n) is 3.12. The first-order chi connectivity index (χ1) is 9.72. The fourth-order valence-electron chi connectivity index (χ4n) is 2.07. The molecule has 114 valence electrons. The quantitative estimate of drug-likeness (QED) is 0.858. The maximum atomic E-state index is 12.6. The Bertz CT molecular complexity index is 667. The van der Waals surface area contributed by atoms with Gasteiger partial charge in [0.15, 0.2) is 6.19 Å². The normalized spacial score (nSPS) is 19.5. The number of halogens is 3. The van der Waals surface area contributed by atoms with Crippen molar-refractivity contribution in [2.45, 2.75) is 23.5 Å². The molecule has 1 saturated heterocycles.